The van der Waals surface area contributed by atoms with Crippen LogP contribution in [0.5, 0.6) is 0 Å². The highest BCUT2D eigenvalue weighted by Gasteiger charge is 2.41. The second kappa shape index (κ2) is 15.2. The molecule has 3 aromatic rings. The average Bonchev–Trinajstić information content (AvgIpc) is 3.71. The number of aliphatic hydroxyl groups is 1. The quantitative estimate of drug-likeness (QED) is 0.216. The van der Waals surface area contributed by atoms with E-state index in [2.05, 4.69) is 63.2 Å². The molecule has 2 aliphatic heterocycles. The lowest BCUT2D eigenvalue weighted by atomic mass is 9.87. The molecule has 53 heavy (non-hydrogen) atoms. The van der Waals surface area contributed by atoms with Crippen LogP contribution in [0.25, 0.3) is 16.3 Å². The van der Waals surface area contributed by atoms with E-state index in [1.165, 1.54) is 22.8 Å². The number of hydrogen-bond donors (Lipinski definition) is 2. The van der Waals surface area contributed by atoms with Crippen LogP contribution < -0.4 is 5.32 Å². The van der Waals surface area contributed by atoms with Gasteiger partial charge in [0.25, 0.3) is 0 Å². The Morgan fingerprint density at radius 2 is 1.81 bits per heavy atom. The number of nitrogens with zero attached hydrogens (tertiary/aromatic N) is 6. The zero-order valence-electron chi connectivity index (χ0n) is 30.5. The van der Waals surface area contributed by atoms with Gasteiger partial charge in [0.15, 0.2) is 6.10 Å². The number of likely N-dealkylation sites (tertiary alicyclic amines) is 1. The highest BCUT2D eigenvalue weighted by atomic mass is 32.2. The first kappa shape index (κ1) is 38.2. The van der Waals surface area contributed by atoms with Crippen molar-refractivity contribution < 1.29 is 26.7 Å². The van der Waals surface area contributed by atoms with Crippen molar-refractivity contribution in [1.82, 2.24) is 24.1 Å². The summed E-state index contributed by atoms with van der Waals surface area (Å²) >= 11 is 0.850. The zero-order chi connectivity index (χ0) is 37.7. The van der Waals surface area contributed by atoms with E-state index < -0.39 is 22.3 Å². The SMILES string of the molecule is CCc1nc(NC2CCN(Cc3ccc4c(c3C)C=C(C#N)C4C[C@H](C)N3CCN(S(=O)(=O)CC4CC4)CC3)CC2)c2cc(C(O)C(F)(F)F)sc2n1. The number of nitrogens with one attached hydrogen (secondary N) is 1. The van der Waals surface area contributed by atoms with Crippen molar-refractivity contribution in [2.45, 2.75) is 96.1 Å². The maximum absolute atomic E-state index is 13.3. The summed E-state index contributed by atoms with van der Waals surface area (Å²) in [6.07, 6.45) is -0.213. The lowest BCUT2D eigenvalue weighted by Gasteiger charge is -2.38. The van der Waals surface area contributed by atoms with Crippen LogP contribution in [0.2, 0.25) is 0 Å². The van der Waals surface area contributed by atoms with Crippen LogP contribution in [0.1, 0.15) is 90.9 Å². The van der Waals surface area contributed by atoms with Crippen LogP contribution in [0.15, 0.2) is 23.8 Å². The molecule has 4 aliphatic rings. The Balaban J connectivity index is 0.961. The molecule has 3 atom stereocenters. The number of allylic oxidation sites excluding steroid dienone is 1. The van der Waals surface area contributed by atoms with Gasteiger partial charge in [-0.3, -0.25) is 9.80 Å². The standard InChI is InChI=1S/C38H48F3N7O3S2/c1-4-34-44-36(32-19-33(52-37(32)45-34)35(49)38(39,40)41)43-28-9-11-46(12-10-28)21-26-7-8-29-30(24(26)3)18-27(20-42)31(29)17-23(2)47-13-15-48(16-14-47)53(50,51)22-25-5-6-25/h7-8,18-19,23,25,28,31,35,49H,4-6,9-17,21-22H2,1-3H3,(H,43,44,45)/t23-,31?,35?/m0/s1. The maximum atomic E-state index is 13.3. The van der Waals surface area contributed by atoms with Crippen molar-refractivity contribution in [3.8, 4) is 6.07 Å². The molecule has 0 radical (unpaired) electrons. The monoisotopic (exact) mass is 771 g/mol. The number of aryl methyl sites for hydroxylation is 1. The van der Waals surface area contributed by atoms with E-state index in [1.54, 1.807) is 4.31 Å². The summed E-state index contributed by atoms with van der Waals surface area (Å²) < 4.78 is 67.0. The number of hydrogen-bond acceptors (Lipinski definition) is 10. The molecule has 3 fully saturated rings. The summed E-state index contributed by atoms with van der Waals surface area (Å²) in [7, 11) is -3.19. The zero-order valence-corrected chi connectivity index (χ0v) is 32.1. The van der Waals surface area contributed by atoms with E-state index >= 15 is 0 Å². The number of aromatic nitrogens is 2. The van der Waals surface area contributed by atoms with E-state index in [-0.39, 0.29) is 28.6 Å². The number of piperazine rings is 1. The van der Waals surface area contributed by atoms with Crippen LogP contribution >= 0.6 is 11.3 Å². The predicted octanol–water partition coefficient (Wildman–Crippen LogP) is 6.37. The van der Waals surface area contributed by atoms with Crippen LogP contribution in [0, 0.1) is 24.2 Å². The summed E-state index contributed by atoms with van der Waals surface area (Å²) in [6.45, 7) is 11.1. The minimum atomic E-state index is -4.76. The third-order valence-corrected chi connectivity index (χ3v) is 14.7. The number of halogens is 3. The number of alkyl halides is 3. The van der Waals surface area contributed by atoms with Gasteiger partial charge in [0.1, 0.15) is 16.5 Å². The number of sulfonamides is 1. The fourth-order valence-electron chi connectivity index (χ4n) is 8.07. The van der Waals surface area contributed by atoms with Gasteiger partial charge in [-0.1, -0.05) is 19.1 Å². The number of aliphatic hydroxyl groups excluding tert-OH is 1. The number of anilines is 1. The van der Waals surface area contributed by atoms with Gasteiger partial charge in [0.05, 0.1) is 17.2 Å². The molecular weight excluding hydrogens is 724 g/mol. The largest absolute Gasteiger partial charge is 0.419 e. The van der Waals surface area contributed by atoms with E-state index in [0.29, 0.717) is 60.4 Å². The van der Waals surface area contributed by atoms with Gasteiger partial charge in [0.2, 0.25) is 10.0 Å². The Kier molecular flexibility index (Phi) is 10.9. The van der Waals surface area contributed by atoms with Gasteiger partial charge < -0.3 is 10.4 Å². The molecule has 2 N–H and O–H groups in total. The Morgan fingerprint density at radius 3 is 2.45 bits per heavy atom. The second-order valence-corrected chi connectivity index (χ2v) is 18.3. The Hall–Kier alpha value is -3.13. The van der Waals surface area contributed by atoms with Crippen molar-refractivity contribution in [2.75, 3.05) is 50.3 Å². The second-order valence-electron chi connectivity index (χ2n) is 15.2. The molecule has 7 rings (SSSR count). The first-order valence-corrected chi connectivity index (χ1v) is 21.2. The molecular formula is C38H48F3N7O3S2. The molecule has 1 aromatic carbocycles. The summed E-state index contributed by atoms with van der Waals surface area (Å²) in [5, 5.41) is 24.0. The van der Waals surface area contributed by atoms with Gasteiger partial charge in [0, 0.05) is 80.7 Å². The average molecular weight is 772 g/mol. The minimum Gasteiger partial charge on any atom is -0.379 e. The van der Waals surface area contributed by atoms with Crippen LogP contribution in [-0.2, 0) is 23.0 Å². The Bertz CT molecular complexity index is 2010. The van der Waals surface area contributed by atoms with Crippen LogP contribution in [0.4, 0.5) is 19.0 Å². The third kappa shape index (κ3) is 8.28. The molecule has 2 saturated heterocycles. The number of piperidine rings is 1. The molecule has 2 aromatic heterocycles. The summed E-state index contributed by atoms with van der Waals surface area (Å²) in [5.74, 6) is 1.68. The highest BCUT2D eigenvalue weighted by Crippen LogP contribution is 2.43. The Morgan fingerprint density at radius 1 is 1.09 bits per heavy atom. The normalized spacial score (nSPS) is 22.1. The first-order valence-electron chi connectivity index (χ1n) is 18.7. The van der Waals surface area contributed by atoms with Crippen molar-refractivity contribution in [2.24, 2.45) is 5.92 Å². The topological polar surface area (TPSA) is 126 Å². The summed E-state index contributed by atoms with van der Waals surface area (Å²) in [5.41, 5.74) is 5.50. The van der Waals surface area contributed by atoms with Crippen molar-refractivity contribution in [1.29, 1.82) is 5.26 Å². The molecule has 2 aliphatic carbocycles. The minimum absolute atomic E-state index is 0.00807. The fourth-order valence-corrected chi connectivity index (χ4v) is 11.0. The van der Waals surface area contributed by atoms with Crippen molar-refractivity contribution in [3.05, 3.63) is 56.7 Å². The summed E-state index contributed by atoms with van der Waals surface area (Å²) in [6, 6.07) is 8.50. The predicted molar refractivity (Wildman–Crippen MR) is 201 cm³/mol. The molecule has 1 saturated carbocycles. The van der Waals surface area contributed by atoms with Crippen molar-refractivity contribution in [3.63, 3.8) is 0 Å². The first-order chi connectivity index (χ1) is 25.2. The van der Waals surface area contributed by atoms with Crippen molar-refractivity contribution >= 4 is 43.5 Å². The van der Waals surface area contributed by atoms with E-state index in [9.17, 15) is 32.0 Å². The maximum Gasteiger partial charge on any atom is 0.419 e. The van der Waals surface area contributed by atoms with Crippen LogP contribution in [-0.4, -0.2) is 101 Å². The van der Waals surface area contributed by atoms with Gasteiger partial charge in [-0.25, -0.2) is 18.4 Å². The smallest absolute Gasteiger partial charge is 0.379 e. The molecule has 286 valence electrons. The van der Waals surface area contributed by atoms with E-state index in [4.69, 9.17) is 0 Å². The van der Waals surface area contributed by atoms with E-state index in [0.717, 1.165) is 74.2 Å². The molecule has 10 nitrogen and oxygen atoms in total. The van der Waals surface area contributed by atoms with Gasteiger partial charge in [-0.05, 0) is 86.3 Å². The Labute approximate surface area is 313 Å². The lowest BCUT2D eigenvalue weighted by molar-refractivity contribution is -0.205. The third-order valence-electron chi connectivity index (χ3n) is 11.5. The van der Waals surface area contributed by atoms with Gasteiger partial charge in [-0.2, -0.15) is 22.7 Å². The number of benzene rings is 1. The molecule has 15 heteroatoms. The lowest BCUT2D eigenvalue weighted by Crippen LogP contribution is -2.52. The van der Waals surface area contributed by atoms with Gasteiger partial charge in [-0.15, -0.1) is 11.3 Å². The molecule has 4 heterocycles. The van der Waals surface area contributed by atoms with Crippen LogP contribution in [0.3, 0.4) is 0 Å². The van der Waals surface area contributed by atoms with Gasteiger partial charge >= 0.3 is 6.18 Å². The highest BCUT2D eigenvalue weighted by molar-refractivity contribution is 7.89. The number of fused-ring (bicyclic) bond motifs is 2. The number of thiophene rings is 1. The molecule has 0 amide bonds. The summed E-state index contributed by atoms with van der Waals surface area (Å²) in [4.78, 5) is 14.1. The molecule has 0 bridgehead atoms. The number of rotatable bonds is 12. The fraction of sp³-hybridized carbons (Fsp3) is 0.605. The number of nitriles is 1. The molecule has 2 unspecified atom stereocenters. The van der Waals surface area contributed by atoms with E-state index in [1.807, 2.05) is 6.92 Å². The molecule has 0 spiro atoms.